The molecular formula is C49H85N16O23P. The number of primary amides is 2. The van der Waals surface area contributed by atoms with Gasteiger partial charge >= 0.3 is 25.7 Å². The molecule has 0 aliphatic carbocycles. The normalized spacial score (nSPS) is 14.9. The van der Waals surface area contributed by atoms with E-state index in [2.05, 4.69) is 57.4 Å². The number of rotatable bonds is 44. The summed E-state index contributed by atoms with van der Waals surface area (Å²) in [6, 6.07) is -18.6. The zero-order valence-corrected chi connectivity index (χ0v) is 50.7. The minimum atomic E-state index is -5.07. The summed E-state index contributed by atoms with van der Waals surface area (Å²) in [5.41, 5.74) is 26.8. The summed E-state index contributed by atoms with van der Waals surface area (Å²) < 4.78 is 15.3. The van der Waals surface area contributed by atoms with Gasteiger partial charge in [0.05, 0.1) is 26.1 Å². The van der Waals surface area contributed by atoms with Gasteiger partial charge in [-0.3, -0.25) is 81.4 Å². The van der Waals surface area contributed by atoms with Crippen LogP contribution in [0.3, 0.4) is 0 Å². The molecule has 89 heavy (non-hydrogen) atoms. The Bertz CT molecular complexity index is 2600. The summed E-state index contributed by atoms with van der Waals surface area (Å²) in [5.74, 6) is -19.8. The van der Waals surface area contributed by atoms with Crippen LogP contribution in [0.5, 0.6) is 0 Å². The number of carboxylic acid groups (broad SMARTS) is 3. The van der Waals surface area contributed by atoms with E-state index in [0.717, 1.165) is 0 Å². The number of nitrogens with zero attached hydrogens (tertiary/aromatic N) is 1. The molecule has 504 valence electrons. The van der Waals surface area contributed by atoms with Crippen molar-refractivity contribution in [3.05, 3.63) is 0 Å². The number of aliphatic hydroxyl groups is 1. The molecule has 0 saturated heterocycles. The number of hydrogen-bond donors (Lipinski definition) is 21. The number of phosphoric ester groups is 1. The Kier molecular flexibility index (Phi) is 36.1. The van der Waals surface area contributed by atoms with E-state index in [9.17, 15) is 91.8 Å². The lowest BCUT2D eigenvalue weighted by Gasteiger charge is -2.28. The lowest BCUT2D eigenvalue weighted by Crippen LogP contribution is -2.61. The van der Waals surface area contributed by atoms with Crippen molar-refractivity contribution in [2.75, 3.05) is 19.8 Å². The predicted molar refractivity (Wildman–Crippen MR) is 306 cm³/mol. The van der Waals surface area contributed by atoms with E-state index in [-0.39, 0.29) is 50.5 Å². The average molecular weight is 1300 g/mol. The van der Waals surface area contributed by atoms with Crippen molar-refractivity contribution in [2.45, 2.75) is 179 Å². The van der Waals surface area contributed by atoms with Gasteiger partial charge in [-0.1, -0.05) is 41.0 Å². The van der Waals surface area contributed by atoms with Crippen LogP contribution in [0.25, 0.3) is 0 Å². The van der Waals surface area contributed by atoms with Gasteiger partial charge in [0.25, 0.3) is 0 Å². The first-order valence-electron chi connectivity index (χ1n) is 27.6. The summed E-state index contributed by atoms with van der Waals surface area (Å²) in [6.45, 7) is 6.86. The molecule has 26 N–H and O–H groups in total. The first-order chi connectivity index (χ1) is 41.2. The maximum Gasteiger partial charge on any atom is 0.469 e. The standard InChI is InChI=1S/C49H85N16O23P/c1-7-9-25(58-42(78)28(12-14-34(68)69)57-40(76)24(50)20-88-89(85,86)87)44(80)65-37(22(4)5)48(84)56-23(6)39(75)62-30(16-21(2)3)45(81)64-32(19-66)47(83)59-26(10-8-15-55-49(53)54)41(77)63-31(18-36(72)73)46(82)60-27(11-13-33(51)67)43(79)61-29(38(52)74)17-35(70)71/h21-32,37,66H,7-20,50H2,1-6H3,(H2,51,67)(H2,52,74)(H,56,84)(H,57,76)(H,58,78)(H,59,83)(H,60,82)(H,61,79)(H,62,75)(H,63,77)(H,64,81)(H,65,80)(H,68,69)(H,70,71)(H,72,73)(H4,53,54,55)(H2,85,86,87)/t23-,24+,25-,26-,27-,28-,29-,30-,31-,32-,37-/m0/s1. The molecule has 0 aromatic carbocycles. The summed E-state index contributed by atoms with van der Waals surface area (Å²) in [5, 5.41) is 61.2. The topological polar surface area (TPSA) is 666 Å². The third kappa shape index (κ3) is 33.3. The molecule has 0 heterocycles. The van der Waals surface area contributed by atoms with E-state index in [0.29, 0.717) is 0 Å². The highest BCUT2D eigenvalue weighted by atomic mass is 31.2. The Morgan fingerprint density at radius 1 is 0.494 bits per heavy atom. The molecule has 0 saturated carbocycles. The van der Waals surface area contributed by atoms with Crippen LogP contribution in [0, 0.1) is 11.8 Å². The monoisotopic (exact) mass is 1300 g/mol. The Morgan fingerprint density at radius 3 is 1.36 bits per heavy atom. The van der Waals surface area contributed by atoms with Gasteiger partial charge in [0.1, 0.15) is 66.5 Å². The van der Waals surface area contributed by atoms with Crippen molar-refractivity contribution >= 4 is 103 Å². The zero-order chi connectivity index (χ0) is 68.6. The van der Waals surface area contributed by atoms with Crippen LogP contribution in [0.4, 0.5) is 0 Å². The van der Waals surface area contributed by atoms with E-state index in [1.54, 1.807) is 20.8 Å². The Morgan fingerprint density at radius 2 is 0.910 bits per heavy atom. The van der Waals surface area contributed by atoms with E-state index in [1.807, 2.05) is 5.32 Å². The second kappa shape index (κ2) is 40.0. The molecule has 39 nitrogen and oxygen atoms in total. The van der Waals surface area contributed by atoms with Crippen LogP contribution in [-0.4, -0.2) is 211 Å². The van der Waals surface area contributed by atoms with Crippen molar-refractivity contribution in [1.82, 2.24) is 53.2 Å². The van der Waals surface area contributed by atoms with Crippen LogP contribution in [0.2, 0.25) is 0 Å². The number of nitrogens with two attached hydrogens (primary N) is 5. The first-order valence-corrected chi connectivity index (χ1v) is 29.1. The molecule has 40 heteroatoms. The molecule has 0 rings (SSSR count). The average Bonchev–Trinajstić information content (AvgIpc) is 3.32. The van der Waals surface area contributed by atoms with Crippen molar-refractivity contribution in [3.63, 3.8) is 0 Å². The minimum absolute atomic E-state index is 0.0698. The molecule has 0 aliphatic rings. The fourth-order valence-electron chi connectivity index (χ4n) is 7.72. The zero-order valence-electron chi connectivity index (χ0n) is 49.8. The Balaban J connectivity index is 6.58. The summed E-state index contributed by atoms with van der Waals surface area (Å²) in [6.07, 6.45) is -5.03. The molecule has 0 radical (unpaired) electrons. The lowest BCUT2D eigenvalue weighted by molar-refractivity contribution is -0.142. The Labute approximate surface area is 509 Å². The van der Waals surface area contributed by atoms with Crippen LogP contribution >= 0.6 is 7.82 Å². The lowest BCUT2D eigenvalue weighted by atomic mass is 10.0. The van der Waals surface area contributed by atoms with Gasteiger partial charge in [-0.15, -0.1) is 0 Å². The van der Waals surface area contributed by atoms with Gasteiger partial charge in [-0.05, 0) is 57.3 Å². The van der Waals surface area contributed by atoms with E-state index < -0.39 is 221 Å². The molecule has 0 unspecified atom stereocenters. The van der Waals surface area contributed by atoms with Crippen molar-refractivity contribution in [1.29, 1.82) is 0 Å². The number of amides is 12. The van der Waals surface area contributed by atoms with Gasteiger partial charge in [-0.25, -0.2) is 4.57 Å². The fraction of sp³-hybridized carbons (Fsp3) is 0.673. The number of carboxylic acids is 3. The number of phosphoric acid groups is 1. The van der Waals surface area contributed by atoms with E-state index in [1.165, 1.54) is 20.8 Å². The molecule has 11 atom stereocenters. The molecule has 0 bridgehead atoms. The number of aliphatic imine (C=N–C) groups is 1. The van der Waals surface area contributed by atoms with Crippen molar-refractivity contribution in [3.8, 4) is 0 Å². The second-order valence-corrected chi connectivity index (χ2v) is 22.2. The van der Waals surface area contributed by atoms with Crippen LogP contribution in [-0.2, 0) is 81.0 Å². The van der Waals surface area contributed by atoms with E-state index >= 15 is 0 Å². The maximum absolute atomic E-state index is 13.9. The number of hydrogen-bond acceptors (Lipinski definition) is 20. The molecule has 0 aliphatic heterocycles. The number of guanidine groups is 1. The molecule has 0 aromatic heterocycles. The number of nitrogens with one attached hydrogen (secondary N) is 10. The highest BCUT2D eigenvalue weighted by molar-refractivity contribution is 7.46. The van der Waals surface area contributed by atoms with Gasteiger partial charge in [0.2, 0.25) is 70.9 Å². The molecular weight excluding hydrogens is 1210 g/mol. The largest absolute Gasteiger partial charge is 0.481 e. The molecule has 0 aromatic rings. The summed E-state index contributed by atoms with van der Waals surface area (Å²) in [4.78, 5) is 216. The summed E-state index contributed by atoms with van der Waals surface area (Å²) in [7, 11) is -5.07. The second-order valence-electron chi connectivity index (χ2n) is 20.9. The quantitative estimate of drug-likeness (QED) is 0.0117. The van der Waals surface area contributed by atoms with Crippen LogP contribution in [0.15, 0.2) is 4.99 Å². The first kappa shape index (κ1) is 80.3. The molecule has 0 fully saturated rings. The van der Waals surface area contributed by atoms with Crippen molar-refractivity contribution in [2.24, 2.45) is 45.5 Å². The van der Waals surface area contributed by atoms with Crippen LogP contribution < -0.4 is 81.8 Å². The van der Waals surface area contributed by atoms with Crippen LogP contribution in [0.1, 0.15) is 112 Å². The predicted octanol–water partition coefficient (Wildman–Crippen LogP) is -8.60. The smallest absolute Gasteiger partial charge is 0.469 e. The number of aliphatic hydroxyl groups excluding tert-OH is 1. The number of aliphatic carboxylic acids is 3. The molecule has 0 spiro atoms. The third-order valence-electron chi connectivity index (χ3n) is 12.3. The SMILES string of the molecule is CCC[C@H](NC(=O)[C@H](CCC(=O)O)NC(=O)[C@H](N)COP(=O)(O)O)C(=O)N[C@H](C(=O)N[C@@H](C)C(=O)N[C@@H](CC(C)C)C(=O)N[C@@H](CO)C(=O)N[C@@H](CCCN=C(N)N)C(=O)N[C@@H](CC(=O)O)C(=O)N[C@@H](CCC(N)=O)C(=O)N[C@@H](CC(=O)O)C(N)=O)C(C)C. The van der Waals surface area contributed by atoms with Gasteiger partial charge < -0.3 is 112 Å². The number of carbonyl (C=O) groups excluding carboxylic acids is 12. The highest BCUT2D eigenvalue weighted by Crippen LogP contribution is 2.35. The molecule has 12 amide bonds. The summed E-state index contributed by atoms with van der Waals surface area (Å²) >= 11 is 0. The number of carbonyl (C=O) groups is 15. The van der Waals surface area contributed by atoms with E-state index in [4.69, 9.17) is 43.6 Å². The third-order valence-corrected chi connectivity index (χ3v) is 12.8. The fourth-order valence-corrected chi connectivity index (χ4v) is 8.07. The van der Waals surface area contributed by atoms with Gasteiger partial charge in [0, 0.05) is 19.4 Å². The Hall–Kier alpha value is -8.65. The van der Waals surface area contributed by atoms with Crippen molar-refractivity contribution < 1.29 is 111 Å². The minimum Gasteiger partial charge on any atom is -0.481 e. The highest BCUT2D eigenvalue weighted by Gasteiger charge is 2.37. The van der Waals surface area contributed by atoms with Gasteiger partial charge in [-0.2, -0.15) is 0 Å². The maximum atomic E-state index is 13.9. The van der Waals surface area contributed by atoms with Gasteiger partial charge in [0.15, 0.2) is 5.96 Å².